The first kappa shape index (κ1) is 18.9. The number of benzene rings is 1. The smallest absolute Gasteiger partial charge is 0.253 e. The average Bonchev–Trinajstić information content (AvgIpc) is 3.57. The lowest BCUT2D eigenvalue weighted by Gasteiger charge is -2.14. The lowest BCUT2D eigenvalue weighted by molar-refractivity contribution is 0.0470. The first-order chi connectivity index (χ1) is 15.3. The molecule has 0 saturated carbocycles. The zero-order valence-electron chi connectivity index (χ0n) is 16.6. The number of para-hydroxylation sites is 2. The van der Waals surface area contributed by atoms with E-state index in [4.69, 9.17) is 9.57 Å². The largest absolute Gasteiger partial charge is 0.487 e. The molecule has 0 aliphatic carbocycles. The fourth-order valence-corrected chi connectivity index (χ4v) is 3.40. The molecule has 4 aromatic rings. The Morgan fingerprint density at radius 3 is 3.03 bits per heavy atom. The van der Waals surface area contributed by atoms with Crippen LogP contribution < -0.4 is 10.1 Å². The van der Waals surface area contributed by atoms with E-state index in [0.29, 0.717) is 25.1 Å². The molecule has 9 heteroatoms. The van der Waals surface area contributed by atoms with Crippen LogP contribution >= 0.6 is 0 Å². The Morgan fingerprint density at radius 1 is 1.19 bits per heavy atom. The quantitative estimate of drug-likeness (QED) is 0.499. The number of amides is 1. The Morgan fingerprint density at radius 2 is 2.13 bits per heavy atom. The van der Waals surface area contributed by atoms with Crippen molar-refractivity contribution in [3.05, 3.63) is 79.3 Å². The van der Waals surface area contributed by atoms with Gasteiger partial charge in [0, 0.05) is 37.4 Å². The number of carbonyl (C=O) groups is 1. The predicted molar refractivity (Wildman–Crippen MR) is 114 cm³/mol. The van der Waals surface area contributed by atoms with E-state index in [1.165, 1.54) is 0 Å². The molecule has 1 unspecified atom stereocenters. The highest BCUT2D eigenvalue weighted by molar-refractivity contribution is 5.98. The summed E-state index contributed by atoms with van der Waals surface area (Å²) in [5.41, 5.74) is 3.03. The van der Waals surface area contributed by atoms with E-state index in [2.05, 4.69) is 20.4 Å². The summed E-state index contributed by atoms with van der Waals surface area (Å²) in [6.45, 7) is 0.673. The van der Waals surface area contributed by atoms with Crippen molar-refractivity contribution in [3.63, 3.8) is 0 Å². The topological polar surface area (TPSA) is 95.0 Å². The Balaban J connectivity index is 1.13. The molecule has 0 bridgehead atoms. The maximum Gasteiger partial charge on any atom is 0.253 e. The Labute approximate surface area is 177 Å². The van der Waals surface area contributed by atoms with E-state index in [-0.39, 0.29) is 12.0 Å². The summed E-state index contributed by atoms with van der Waals surface area (Å²) in [5.74, 6) is 0.563. The number of oxime groups is 1. The minimum atomic E-state index is -0.204. The third kappa shape index (κ3) is 4.11. The third-order valence-electron chi connectivity index (χ3n) is 4.97. The molecule has 0 saturated heterocycles. The van der Waals surface area contributed by atoms with Crippen molar-refractivity contribution in [3.8, 4) is 11.4 Å². The number of nitrogens with zero attached hydrogens (tertiary/aromatic N) is 5. The van der Waals surface area contributed by atoms with Crippen molar-refractivity contribution in [1.82, 2.24) is 24.3 Å². The van der Waals surface area contributed by atoms with Gasteiger partial charge in [-0.1, -0.05) is 17.3 Å². The number of ether oxygens (including phenoxy) is 1. The second-order valence-corrected chi connectivity index (χ2v) is 7.13. The number of aromatic nitrogens is 4. The lowest BCUT2D eigenvalue weighted by Crippen LogP contribution is -2.30. The van der Waals surface area contributed by atoms with Gasteiger partial charge in [-0.15, -0.1) is 0 Å². The van der Waals surface area contributed by atoms with Gasteiger partial charge in [0.25, 0.3) is 5.91 Å². The van der Waals surface area contributed by atoms with Crippen LogP contribution in [0.3, 0.4) is 0 Å². The van der Waals surface area contributed by atoms with Gasteiger partial charge in [-0.2, -0.15) is 0 Å². The molecule has 1 aliphatic rings. The molecule has 1 atom stereocenters. The third-order valence-corrected chi connectivity index (χ3v) is 4.97. The molecule has 0 fully saturated rings. The summed E-state index contributed by atoms with van der Waals surface area (Å²) >= 11 is 0. The van der Waals surface area contributed by atoms with Gasteiger partial charge in [-0.3, -0.25) is 4.79 Å². The monoisotopic (exact) mass is 416 g/mol. The molecule has 1 aromatic carbocycles. The van der Waals surface area contributed by atoms with Gasteiger partial charge in [-0.05, 0) is 24.3 Å². The molecular weight excluding hydrogens is 396 g/mol. The van der Waals surface area contributed by atoms with E-state index >= 15 is 0 Å². The van der Waals surface area contributed by atoms with Crippen molar-refractivity contribution in [1.29, 1.82) is 0 Å². The molecule has 31 heavy (non-hydrogen) atoms. The molecule has 1 aliphatic heterocycles. The highest BCUT2D eigenvalue weighted by Crippen LogP contribution is 2.23. The van der Waals surface area contributed by atoms with Crippen LogP contribution in [0, 0.1) is 0 Å². The van der Waals surface area contributed by atoms with Crippen molar-refractivity contribution >= 4 is 17.3 Å². The molecule has 156 valence electrons. The molecule has 0 radical (unpaired) electrons. The fourth-order valence-electron chi connectivity index (χ4n) is 3.40. The molecular formula is C22H20N6O3. The molecule has 3 aromatic heterocycles. The zero-order valence-corrected chi connectivity index (χ0v) is 16.6. The van der Waals surface area contributed by atoms with Crippen LogP contribution in [0.4, 0.5) is 0 Å². The first-order valence-corrected chi connectivity index (χ1v) is 9.89. The van der Waals surface area contributed by atoms with E-state index in [1.54, 1.807) is 47.6 Å². The minimum absolute atomic E-state index is 0.174. The number of rotatable bonds is 7. The molecule has 1 amide bonds. The minimum Gasteiger partial charge on any atom is -0.487 e. The van der Waals surface area contributed by atoms with Gasteiger partial charge in [0.1, 0.15) is 18.0 Å². The second kappa shape index (κ2) is 8.31. The summed E-state index contributed by atoms with van der Waals surface area (Å²) < 4.78 is 9.68. The highest BCUT2D eigenvalue weighted by atomic mass is 16.7. The summed E-state index contributed by atoms with van der Waals surface area (Å²) in [5, 5.41) is 6.99. The fraction of sp³-hybridized carbons (Fsp3) is 0.182. The lowest BCUT2D eigenvalue weighted by atomic mass is 10.2. The standard InChI is InChI=1S/C22H20N6O3/c29-22(16-5-6-21-24-8-10-27(21)13-16)25-12-17-11-18(31-26-17)14-30-20-4-2-1-3-19(20)28-9-7-23-15-28/h1-10,13,15,18H,11-12,14H2,(H,25,29). The number of hydrogen-bond acceptors (Lipinski definition) is 6. The van der Waals surface area contributed by atoms with Crippen molar-refractivity contribution < 1.29 is 14.4 Å². The first-order valence-electron chi connectivity index (χ1n) is 9.89. The number of imidazole rings is 2. The normalized spacial score (nSPS) is 15.5. The number of pyridine rings is 1. The Bertz CT molecular complexity index is 1230. The Kier molecular flexibility index (Phi) is 5.05. The number of hydrogen-bond donors (Lipinski definition) is 1. The van der Waals surface area contributed by atoms with Crippen molar-refractivity contribution in [2.75, 3.05) is 13.2 Å². The molecule has 9 nitrogen and oxygen atoms in total. The predicted octanol–water partition coefficient (Wildman–Crippen LogP) is 2.47. The van der Waals surface area contributed by atoms with Gasteiger partial charge < -0.3 is 23.9 Å². The highest BCUT2D eigenvalue weighted by Gasteiger charge is 2.23. The summed E-state index contributed by atoms with van der Waals surface area (Å²) in [7, 11) is 0. The van der Waals surface area contributed by atoms with Crippen LogP contribution in [0.25, 0.3) is 11.3 Å². The van der Waals surface area contributed by atoms with Crippen LogP contribution in [-0.4, -0.2) is 49.8 Å². The van der Waals surface area contributed by atoms with Gasteiger partial charge in [0.2, 0.25) is 0 Å². The summed E-state index contributed by atoms with van der Waals surface area (Å²) in [4.78, 5) is 26.2. The second-order valence-electron chi connectivity index (χ2n) is 7.13. The van der Waals surface area contributed by atoms with E-state index in [1.807, 2.05) is 35.0 Å². The van der Waals surface area contributed by atoms with Crippen LogP contribution in [0.1, 0.15) is 16.8 Å². The maximum absolute atomic E-state index is 12.4. The maximum atomic E-state index is 12.4. The molecule has 1 N–H and O–H groups in total. The van der Waals surface area contributed by atoms with Gasteiger partial charge in [-0.25, -0.2) is 9.97 Å². The van der Waals surface area contributed by atoms with Crippen LogP contribution in [0.5, 0.6) is 5.75 Å². The Hall–Kier alpha value is -4.14. The van der Waals surface area contributed by atoms with Crippen molar-refractivity contribution in [2.24, 2.45) is 5.16 Å². The van der Waals surface area contributed by atoms with Gasteiger partial charge >= 0.3 is 0 Å². The van der Waals surface area contributed by atoms with Crippen LogP contribution in [0.15, 0.2) is 78.9 Å². The van der Waals surface area contributed by atoms with E-state index in [9.17, 15) is 4.79 Å². The van der Waals surface area contributed by atoms with Crippen LogP contribution in [0.2, 0.25) is 0 Å². The summed E-state index contributed by atoms with van der Waals surface area (Å²) in [6.07, 6.45) is 10.9. The number of carbonyl (C=O) groups excluding carboxylic acids is 1. The SMILES string of the molecule is O=C(NCC1=NOC(COc2ccccc2-n2ccnc2)C1)c1ccc2nccn2c1. The molecule has 4 heterocycles. The van der Waals surface area contributed by atoms with Crippen LogP contribution in [-0.2, 0) is 4.84 Å². The van der Waals surface area contributed by atoms with E-state index < -0.39 is 0 Å². The molecule has 0 spiro atoms. The zero-order chi connectivity index (χ0) is 21.0. The molecule has 5 rings (SSSR count). The van der Waals surface area contributed by atoms with E-state index in [0.717, 1.165) is 22.8 Å². The van der Waals surface area contributed by atoms with Crippen molar-refractivity contribution in [2.45, 2.75) is 12.5 Å². The average molecular weight is 416 g/mol. The number of fused-ring (bicyclic) bond motifs is 1. The van der Waals surface area contributed by atoms with Gasteiger partial charge in [0.15, 0.2) is 6.10 Å². The van der Waals surface area contributed by atoms with Gasteiger partial charge in [0.05, 0.1) is 29.8 Å². The number of nitrogens with one attached hydrogen (secondary N) is 1. The summed E-state index contributed by atoms with van der Waals surface area (Å²) in [6, 6.07) is 11.3.